The van der Waals surface area contributed by atoms with Gasteiger partial charge in [-0.15, -0.1) is 10.2 Å². The molecule has 4 rings (SSSR count). The molecule has 0 atom stereocenters. The minimum absolute atomic E-state index is 0.109. The molecule has 0 bridgehead atoms. The van der Waals surface area contributed by atoms with E-state index in [1.165, 1.54) is 10.1 Å². The van der Waals surface area contributed by atoms with Crippen molar-refractivity contribution in [1.82, 2.24) is 24.6 Å². The molecule has 9 heteroatoms. The van der Waals surface area contributed by atoms with Crippen molar-refractivity contribution >= 4 is 0 Å². The summed E-state index contributed by atoms with van der Waals surface area (Å²) in [5, 5.41) is 7.16. The van der Waals surface area contributed by atoms with Gasteiger partial charge in [0.25, 0.3) is 0 Å². The largest absolute Gasteiger partial charge is 0.451 e. The monoisotopic (exact) mass is 394 g/mol. The molecule has 0 spiro atoms. The van der Waals surface area contributed by atoms with Crippen LogP contribution in [0.3, 0.4) is 0 Å². The van der Waals surface area contributed by atoms with Crippen LogP contribution in [0.25, 0.3) is 0 Å². The lowest BCUT2D eigenvalue weighted by Gasteiger charge is -2.43. The fourth-order valence-corrected chi connectivity index (χ4v) is 4.61. The number of alkyl halides is 3. The van der Waals surface area contributed by atoms with Crippen LogP contribution in [0.2, 0.25) is 0 Å². The zero-order valence-corrected chi connectivity index (χ0v) is 15.9. The van der Waals surface area contributed by atoms with Crippen molar-refractivity contribution in [3.05, 3.63) is 41.2 Å². The Bertz CT molecular complexity index is 838. The molecule has 2 aliphatic rings. The van der Waals surface area contributed by atoms with Crippen LogP contribution in [0.15, 0.2) is 18.3 Å². The Hall–Kier alpha value is -2.00. The molecule has 3 heterocycles. The maximum absolute atomic E-state index is 13.0. The van der Waals surface area contributed by atoms with Crippen molar-refractivity contribution in [2.24, 2.45) is 5.73 Å². The van der Waals surface area contributed by atoms with Crippen molar-refractivity contribution in [2.75, 3.05) is 13.1 Å². The van der Waals surface area contributed by atoms with Gasteiger partial charge < -0.3 is 10.3 Å². The van der Waals surface area contributed by atoms with Crippen molar-refractivity contribution in [3.8, 4) is 0 Å². The van der Waals surface area contributed by atoms with Gasteiger partial charge in [-0.3, -0.25) is 9.88 Å². The zero-order chi connectivity index (χ0) is 19.9. The Morgan fingerprint density at radius 2 is 1.96 bits per heavy atom. The molecular formula is C19H25F3N6. The SMILES string of the molecule is Cc1ccnc(C2(CN)CCC(N3CCn4c(nnc4C(F)(F)F)C3)CC2)c1. The quantitative estimate of drug-likeness (QED) is 0.867. The predicted octanol–water partition coefficient (Wildman–Crippen LogP) is 2.66. The number of hydrogen-bond donors (Lipinski definition) is 1. The Labute approximate surface area is 161 Å². The van der Waals surface area contributed by atoms with E-state index in [2.05, 4.69) is 33.1 Å². The number of nitrogens with zero attached hydrogens (tertiary/aromatic N) is 5. The molecule has 2 aromatic rings. The standard InChI is InChI=1S/C19H25F3N6/c1-13-4-7-24-15(10-13)18(12-23)5-2-14(3-6-18)27-8-9-28-16(11-27)25-26-17(28)19(20,21)22/h4,7,10,14H,2-3,5-6,8-9,11-12,23H2,1H3. The fraction of sp³-hybridized carbons (Fsp3) is 0.632. The van der Waals surface area contributed by atoms with E-state index in [1.54, 1.807) is 0 Å². The molecule has 152 valence electrons. The van der Waals surface area contributed by atoms with E-state index in [4.69, 9.17) is 5.73 Å². The summed E-state index contributed by atoms with van der Waals surface area (Å²) in [4.78, 5) is 6.82. The Kier molecular flexibility index (Phi) is 4.91. The number of fused-ring (bicyclic) bond motifs is 1. The van der Waals surface area contributed by atoms with Gasteiger partial charge in [-0.25, -0.2) is 0 Å². The van der Waals surface area contributed by atoms with E-state index >= 15 is 0 Å². The first-order chi connectivity index (χ1) is 13.3. The van der Waals surface area contributed by atoms with Gasteiger partial charge in [0.1, 0.15) is 5.82 Å². The lowest BCUT2D eigenvalue weighted by Crippen LogP contribution is -2.48. The molecule has 1 aliphatic carbocycles. The first kappa shape index (κ1) is 19.3. The molecule has 6 nitrogen and oxygen atoms in total. The lowest BCUT2D eigenvalue weighted by molar-refractivity contribution is -0.148. The number of rotatable bonds is 3. The van der Waals surface area contributed by atoms with Crippen LogP contribution < -0.4 is 5.73 Å². The highest BCUT2D eigenvalue weighted by Crippen LogP contribution is 2.40. The maximum atomic E-state index is 13.0. The highest BCUT2D eigenvalue weighted by molar-refractivity contribution is 5.24. The van der Waals surface area contributed by atoms with Crippen LogP contribution in [-0.2, 0) is 24.7 Å². The molecular weight excluding hydrogens is 369 g/mol. The van der Waals surface area contributed by atoms with Crippen LogP contribution in [-0.4, -0.2) is 43.8 Å². The van der Waals surface area contributed by atoms with Gasteiger partial charge >= 0.3 is 6.18 Å². The summed E-state index contributed by atoms with van der Waals surface area (Å²) < 4.78 is 40.3. The maximum Gasteiger partial charge on any atom is 0.451 e. The molecule has 2 aromatic heterocycles. The van der Waals surface area contributed by atoms with E-state index in [-0.39, 0.29) is 12.0 Å². The molecule has 1 aliphatic heterocycles. The summed E-state index contributed by atoms with van der Waals surface area (Å²) in [6.07, 6.45) is 1.15. The Morgan fingerprint density at radius 3 is 2.61 bits per heavy atom. The predicted molar refractivity (Wildman–Crippen MR) is 97.4 cm³/mol. The first-order valence-electron chi connectivity index (χ1n) is 9.69. The number of halogens is 3. The van der Waals surface area contributed by atoms with Gasteiger partial charge in [0.15, 0.2) is 0 Å². The van der Waals surface area contributed by atoms with Gasteiger partial charge in [0.2, 0.25) is 5.82 Å². The van der Waals surface area contributed by atoms with Crippen LogP contribution in [0.4, 0.5) is 13.2 Å². The highest BCUT2D eigenvalue weighted by atomic mass is 19.4. The van der Waals surface area contributed by atoms with E-state index < -0.39 is 12.0 Å². The average molecular weight is 394 g/mol. The molecule has 0 radical (unpaired) electrons. The lowest BCUT2D eigenvalue weighted by atomic mass is 9.69. The van der Waals surface area contributed by atoms with Crippen molar-refractivity contribution in [1.29, 1.82) is 0 Å². The smallest absolute Gasteiger partial charge is 0.330 e. The third-order valence-corrected chi connectivity index (χ3v) is 6.31. The van der Waals surface area contributed by atoms with E-state index in [1.807, 2.05) is 12.3 Å². The minimum atomic E-state index is -4.46. The summed E-state index contributed by atoms with van der Waals surface area (Å²) in [5.74, 6) is -0.493. The van der Waals surface area contributed by atoms with Crippen LogP contribution in [0.5, 0.6) is 0 Å². The van der Waals surface area contributed by atoms with Gasteiger partial charge in [0, 0.05) is 43.0 Å². The minimum Gasteiger partial charge on any atom is -0.330 e. The van der Waals surface area contributed by atoms with Crippen LogP contribution >= 0.6 is 0 Å². The summed E-state index contributed by atoms with van der Waals surface area (Å²) in [6, 6.07) is 4.43. The third kappa shape index (κ3) is 3.41. The topological polar surface area (TPSA) is 72.9 Å². The molecule has 0 aromatic carbocycles. The van der Waals surface area contributed by atoms with Gasteiger partial charge in [-0.05, 0) is 50.3 Å². The second-order valence-electron chi connectivity index (χ2n) is 7.99. The Balaban J connectivity index is 1.45. The van der Waals surface area contributed by atoms with E-state index in [9.17, 15) is 13.2 Å². The third-order valence-electron chi connectivity index (χ3n) is 6.31. The summed E-state index contributed by atoms with van der Waals surface area (Å²) in [5.41, 5.74) is 8.29. The summed E-state index contributed by atoms with van der Waals surface area (Å²) >= 11 is 0. The van der Waals surface area contributed by atoms with E-state index in [0.29, 0.717) is 31.5 Å². The number of nitrogens with two attached hydrogens (primary N) is 1. The highest BCUT2D eigenvalue weighted by Gasteiger charge is 2.42. The first-order valence-corrected chi connectivity index (χ1v) is 9.69. The molecule has 0 unspecified atom stereocenters. The fourth-order valence-electron chi connectivity index (χ4n) is 4.61. The number of aromatic nitrogens is 4. The second-order valence-corrected chi connectivity index (χ2v) is 7.99. The molecule has 0 amide bonds. The molecule has 1 fully saturated rings. The van der Waals surface area contributed by atoms with Crippen LogP contribution in [0, 0.1) is 6.92 Å². The van der Waals surface area contributed by atoms with Crippen molar-refractivity contribution < 1.29 is 13.2 Å². The average Bonchev–Trinajstić information content (AvgIpc) is 3.12. The van der Waals surface area contributed by atoms with Gasteiger partial charge in [-0.1, -0.05) is 0 Å². The zero-order valence-electron chi connectivity index (χ0n) is 15.9. The van der Waals surface area contributed by atoms with Gasteiger partial charge in [-0.2, -0.15) is 13.2 Å². The molecule has 2 N–H and O–H groups in total. The van der Waals surface area contributed by atoms with Crippen LogP contribution in [0.1, 0.15) is 48.6 Å². The second kappa shape index (κ2) is 7.11. The molecule has 0 saturated heterocycles. The normalized spacial score (nSPS) is 26.2. The number of aryl methyl sites for hydroxylation is 1. The van der Waals surface area contributed by atoms with Gasteiger partial charge in [0.05, 0.1) is 6.54 Å². The number of pyridine rings is 1. The molecule has 28 heavy (non-hydrogen) atoms. The Morgan fingerprint density at radius 1 is 1.21 bits per heavy atom. The summed E-state index contributed by atoms with van der Waals surface area (Å²) in [6.45, 7) is 3.87. The summed E-state index contributed by atoms with van der Waals surface area (Å²) in [7, 11) is 0. The van der Waals surface area contributed by atoms with E-state index in [0.717, 1.165) is 31.4 Å². The number of hydrogen-bond acceptors (Lipinski definition) is 5. The van der Waals surface area contributed by atoms with Crippen molar-refractivity contribution in [2.45, 2.75) is 63.3 Å². The van der Waals surface area contributed by atoms with Crippen molar-refractivity contribution in [3.63, 3.8) is 0 Å². The molecule has 1 saturated carbocycles.